The molecule has 0 aromatic rings. The van der Waals surface area contributed by atoms with Crippen LogP contribution in [-0.4, -0.2) is 5.78 Å². The molecule has 0 saturated carbocycles. The normalized spacial score (nSPS) is 12.1. The van der Waals surface area contributed by atoms with Gasteiger partial charge < -0.3 is 0 Å². The first-order chi connectivity index (χ1) is 6.20. The maximum absolute atomic E-state index is 10.8. The molecule has 1 atom stereocenters. The summed E-state index contributed by atoms with van der Waals surface area (Å²) in [6.07, 6.45) is 6.03. The average molecular weight is 181 g/mol. The zero-order valence-electron chi connectivity index (χ0n) is 8.68. The molecule has 0 radical (unpaired) electrons. The molecule has 0 aliphatic heterocycles. The second-order valence-electron chi connectivity index (χ2n) is 3.58. The van der Waals surface area contributed by atoms with E-state index in [1.165, 1.54) is 19.3 Å². The van der Waals surface area contributed by atoms with Crippen molar-refractivity contribution in [2.75, 3.05) is 0 Å². The quantitative estimate of drug-likeness (QED) is 0.566. The van der Waals surface area contributed by atoms with Crippen molar-refractivity contribution in [2.24, 2.45) is 5.92 Å². The fourth-order valence-corrected chi connectivity index (χ4v) is 1.38. The molecule has 0 aromatic carbocycles. The molecule has 2 nitrogen and oxygen atoms in total. The van der Waals surface area contributed by atoms with Crippen LogP contribution in [0.3, 0.4) is 0 Å². The summed E-state index contributed by atoms with van der Waals surface area (Å²) < 4.78 is 0. The SMILES string of the molecule is CCCCCCC(C#N)CC(C)=O. The van der Waals surface area contributed by atoms with Gasteiger partial charge in [0.25, 0.3) is 0 Å². The lowest BCUT2D eigenvalue weighted by molar-refractivity contribution is -0.117. The van der Waals surface area contributed by atoms with Crippen molar-refractivity contribution < 1.29 is 4.79 Å². The Balaban J connectivity index is 3.50. The van der Waals surface area contributed by atoms with Crippen molar-refractivity contribution in [3.8, 4) is 6.07 Å². The van der Waals surface area contributed by atoms with Gasteiger partial charge in [-0.2, -0.15) is 5.26 Å². The van der Waals surface area contributed by atoms with E-state index in [1.54, 1.807) is 6.92 Å². The topological polar surface area (TPSA) is 40.9 Å². The Morgan fingerprint density at radius 2 is 2.08 bits per heavy atom. The summed E-state index contributed by atoms with van der Waals surface area (Å²) in [5, 5.41) is 8.73. The predicted octanol–water partition coefficient (Wildman–Crippen LogP) is 3.08. The molecule has 0 aliphatic rings. The maximum atomic E-state index is 10.8. The number of hydrogen-bond acceptors (Lipinski definition) is 2. The Morgan fingerprint density at radius 3 is 2.54 bits per heavy atom. The number of carbonyl (C=O) groups excluding carboxylic acids is 1. The summed E-state index contributed by atoms with van der Waals surface area (Å²) in [6, 6.07) is 2.19. The smallest absolute Gasteiger partial charge is 0.131 e. The number of Topliss-reactive ketones (excluding diaryl/α,β-unsaturated/α-hetero) is 1. The molecule has 13 heavy (non-hydrogen) atoms. The third-order valence-electron chi connectivity index (χ3n) is 2.12. The minimum absolute atomic E-state index is 0.0469. The second kappa shape index (κ2) is 7.79. The molecular weight excluding hydrogens is 162 g/mol. The third-order valence-corrected chi connectivity index (χ3v) is 2.12. The predicted molar refractivity (Wildman–Crippen MR) is 53.2 cm³/mol. The highest BCUT2D eigenvalue weighted by Crippen LogP contribution is 2.13. The summed E-state index contributed by atoms with van der Waals surface area (Å²) >= 11 is 0. The average Bonchev–Trinajstić information content (AvgIpc) is 2.09. The molecule has 0 aromatic heterocycles. The van der Waals surface area contributed by atoms with Crippen LogP contribution in [0.2, 0.25) is 0 Å². The molecule has 1 unspecified atom stereocenters. The van der Waals surface area contributed by atoms with Crippen molar-refractivity contribution in [1.82, 2.24) is 0 Å². The minimum atomic E-state index is -0.0469. The van der Waals surface area contributed by atoms with E-state index in [9.17, 15) is 4.79 Å². The molecule has 0 amide bonds. The Morgan fingerprint density at radius 1 is 1.38 bits per heavy atom. The van der Waals surface area contributed by atoms with Gasteiger partial charge in [0, 0.05) is 6.42 Å². The van der Waals surface area contributed by atoms with Crippen LogP contribution < -0.4 is 0 Å². The standard InChI is InChI=1S/C11H19NO/c1-3-4-5-6-7-11(9-12)8-10(2)13/h11H,3-8H2,1-2H3. The monoisotopic (exact) mass is 181 g/mol. The molecule has 74 valence electrons. The fourth-order valence-electron chi connectivity index (χ4n) is 1.38. The number of nitrogens with zero attached hydrogens (tertiary/aromatic N) is 1. The van der Waals surface area contributed by atoms with Crippen LogP contribution >= 0.6 is 0 Å². The van der Waals surface area contributed by atoms with Gasteiger partial charge in [0.2, 0.25) is 0 Å². The molecule has 0 fully saturated rings. The largest absolute Gasteiger partial charge is 0.300 e. The molecule has 0 aliphatic carbocycles. The van der Waals surface area contributed by atoms with Crippen molar-refractivity contribution in [2.45, 2.75) is 52.4 Å². The molecule has 0 saturated heterocycles. The van der Waals surface area contributed by atoms with E-state index in [0.29, 0.717) is 6.42 Å². The lowest BCUT2D eigenvalue weighted by atomic mass is 9.97. The van der Waals surface area contributed by atoms with E-state index in [4.69, 9.17) is 5.26 Å². The van der Waals surface area contributed by atoms with Gasteiger partial charge in [-0.05, 0) is 13.3 Å². The minimum Gasteiger partial charge on any atom is -0.300 e. The van der Waals surface area contributed by atoms with E-state index in [2.05, 4.69) is 13.0 Å². The van der Waals surface area contributed by atoms with E-state index >= 15 is 0 Å². The van der Waals surface area contributed by atoms with Crippen LogP contribution in [0.5, 0.6) is 0 Å². The van der Waals surface area contributed by atoms with E-state index in [0.717, 1.165) is 12.8 Å². The molecule has 2 heteroatoms. The number of ketones is 1. The lowest BCUT2D eigenvalue weighted by Gasteiger charge is -2.05. The zero-order chi connectivity index (χ0) is 10.1. The maximum Gasteiger partial charge on any atom is 0.131 e. The van der Waals surface area contributed by atoms with Crippen molar-refractivity contribution in [1.29, 1.82) is 5.26 Å². The van der Waals surface area contributed by atoms with E-state index < -0.39 is 0 Å². The fraction of sp³-hybridized carbons (Fsp3) is 0.818. The first kappa shape index (κ1) is 12.2. The summed E-state index contributed by atoms with van der Waals surface area (Å²) in [5.74, 6) is 0.0800. The Bertz CT molecular complexity index is 181. The molecule has 0 N–H and O–H groups in total. The summed E-state index contributed by atoms with van der Waals surface area (Å²) in [5.41, 5.74) is 0. The second-order valence-corrected chi connectivity index (χ2v) is 3.58. The highest BCUT2D eigenvalue weighted by Gasteiger charge is 2.09. The molecule has 0 spiro atoms. The van der Waals surface area contributed by atoms with Crippen LogP contribution in [0.4, 0.5) is 0 Å². The van der Waals surface area contributed by atoms with Gasteiger partial charge in [-0.25, -0.2) is 0 Å². The van der Waals surface area contributed by atoms with Crippen LogP contribution in [-0.2, 0) is 4.79 Å². The Hall–Kier alpha value is -0.840. The van der Waals surface area contributed by atoms with Crippen LogP contribution in [0.15, 0.2) is 0 Å². The Kier molecular flexibility index (Phi) is 7.29. The first-order valence-corrected chi connectivity index (χ1v) is 5.09. The van der Waals surface area contributed by atoms with Crippen molar-refractivity contribution in [3.05, 3.63) is 0 Å². The number of unbranched alkanes of at least 4 members (excludes halogenated alkanes) is 3. The van der Waals surface area contributed by atoms with E-state index in [-0.39, 0.29) is 11.7 Å². The highest BCUT2D eigenvalue weighted by atomic mass is 16.1. The van der Waals surface area contributed by atoms with Crippen molar-refractivity contribution in [3.63, 3.8) is 0 Å². The molecule has 0 bridgehead atoms. The number of carbonyl (C=O) groups is 1. The van der Waals surface area contributed by atoms with Gasteiger partial charge in [-0.3, -0.25) is 4.79 Å². The molecular formula is C11H19NO. The van der Waals surface area contributed by atoms with Gasteiger partial charge in [0.15, 0.2) is 0 Å². The zero-order valence-corrected chi connectivity index (χ0v) is 8.68. The highest BCUT2D eigenvalue weighted by molar-refractivity contribution is 5.76. The number of nitriles is 1. The van der Waals surface area contributed by atoms with Gasteiger partial charge in [-0.1, -0.05) is 32.6 Å². The van der Waals surface area contributed by atoms with Gasteiger partial charge in [0.05, 0.1) is 12.0 Å². The Labute approximate surface area is 80.9 Å². The summed E-state index contributed by atoms with van der Waals surface area (Å²) in [4.78, 5) is 10.8. The van der Waals surface area contributed by atoms with Crippen LogP contribution in [0.25, 0.3) is 0 Å². The van der Waals surface area contributed by atoms with Crippen LogP contribution in [0, 0.1) is 17.2 Å². The van der Waals surface area contributed by atoms with Crippen molar-refractivity contribution >= 4 is 5.78 Å². The molecule has 0 heterocycles. The van der Waals surface area contributed by atoms with E-state index in [1.807, 2.05) is 0 Å². The first-order valence-electron chi connectivity index (χ1n) is 5.09. The number of hydrogen-bond donors (Lipinski definition) is 0. The van der Waals surface area contributed by atoms with Crippen LogP contribution in [0.1, 0.15) is 52.4 Å². The number of rotatable bonds is 7. The molecule has 0 rings (SSSR count). The lowest BCUT2D eigenvalue weighted by Crippen LogP contribution is -2.03. The van der Waals surface area contributed by atoms with Gasteiger partial charge >= 0.3 is 0 Å². The van der Waals surface area contributed by atoms with Gasteiger partial charge in [-0.15, -0.1) is 0 Å². The third kappa shape index (κ3) is 7.52. The van der Waals surface area contributed by atoms with Gasteiger partial charge in [0.1, 0.15) is 5.78 Å². The summed E-state index contributed by atoms with van der Waals surface area (Å²) in [6.45, 7) is 3.72. The summed E-state index contributed by atoms with van der Waals surface area (Å²) in [7, 11) is 0.